The van der Waals surface area contributed by atoms with Crippen LogP contribution in [0.15, 0.2) is 0 Å². The van der Waals surface area contributed by atoms with Gasteiger partial charge in [0.25, 0.3) is 0 Å². The summed E-state index contributed by atoms with van der Waals surface area (Å²) in [5.74, 6) is 0. The molecule has 0 unspecified atom stereocenters. The van der Waals surface area contributed by atoms with Gasteiger partial charge in [0.2, 0.25) is 0 Å². The number of hydrogen-bond acceptors (Lipinski definition) is 0. The van der Waals surface area contributed by atoms with E-state index in [1.54, 1.807) is 0 Å². The molecule has 0 aromatic heterocycles. The monoisotopic (exact) mass is 138 g/mol. The standard InChI is InChI=1S/2Ca.2FH.H2O.2H/h;;2*1H;1H2;;/q;+2;;;;;/p-2. The van der Waals surface area contributed by atoms with Crippen LogP contribution < -0.4 is 0 Å². The maximum atomic E-state index is 9.81. The van der Waals surface area contributed by atoms with Crippen LogP contribution in [0, 0.1) is 0 Å². The van der Waals surface area contributed by atoms with Crippen molar-refractivity contribution in [3.8, 4) is 0 Å². The summed E-state index contributed by atoms with van der Waals surface area (Å²) >= 11 is -2.88. The molecule has 0 bridgehead atoms. The van der Waals surface area contributed by atoms with Crippen LogP contribution in [0.2, 0.25) is 0 Å². The molecule has 1 nitrogen and oxygen atoms in total. The third-order valence-corrected chi connectivity index (χ3v) is 0. The molecule has 0 saturated carbocycles. The third kappa shape index (κ3) is 21.8. The Bertz CT molecular complexity index is 7.61. The molecule has 28 valence electrons. The molecule has 0 heterocycles. The summed E-state index contributed by atoms with van der Waals surface area (Å²) in [6.07, 6.45) is 0. The second-order valence-electron chi connectivity index (χ2n) is 0.101. The molecule has 0 aliphatic heterocycles. The molecule has 0 atom stereocenters. The molecule has 0 saturated heterocycles. The normalized spacial score (nSPS) is 2.00. The summed E-state index contributed by atoms with van der Waals surface area (Å²) in [7, 11) is 0. The Labute approximate surface area is 79.5 Å². The summed E-state index contributed by atoms with van der Waals surface area (Å²) in [4.78, 5) is 0. The molecule has 0 rings (SSSR count). The molecule has 0 aliphatic rings. The van der Waals surface area contributed by atoms with Gasteiger partial charge in [0.1, 0.15) is 0 Å². The van der Waals surface area contributed by atoms with Crippen LogP contribution in [0.3, 0.4) is 0 Å². The fraction of sp³-hybridized carbons (Fsp3) is 0. The Morgan fingerprint density at radius 3 is 1.20 bits per heavy atom. The van der Waals surface area contributed by atoms with Gasteiger partial charge < -0.3 is 5.48 Å². The van der Waals surface area contributed by atoms with E-state index in [1.807, 2.05) is 0 Å². The van der Waals surface area contributed by atoms with Crippen LogP contribution in [0.25, 0.3) is 0 Å². The third-order valence-electron chi connectivity index (χ3n) is 0. The Morgan fingerprint density at radius 2 is 1.20 bits per heavy atom. The van der Waals surface area contributed by atoms with Gasteiger partial charge in [0.15, 0.2) is 0 Å². The molecule has 0 amide bonds. The average Bonchev–Trinajstić information content (AvgIpc) is 0.918. The topological polar surface area (TPSA) is 31.5 Å². The van der Waals surface area contributed by atoms with Gasteiger partial charge in [-0.3, -0.25) is 0 Å². The quantitative estimate of drug-likeness (QED) is 0.373. The van der Waals surface area contributed by atoms with Crippen LogP contribution in [0.1, 0.15) is 0 Å². The molecule has 2 N–H and O–H groups in total. The second-order valence-corrected chi connectivity index (χ2v) is 0.416. The zero-order valence-electron chi connectivity index (χ0n) is 1.96. The molecule has 0 spiro atoms. The van der Waals surface area contributed by atoms with E-state index in [0.29, 0.717) is 0 Å². The Kier molecular flexibility index (Phi) is 50.8. The zero-order valence-corrected chi connectivity index (χ0v) is 4.17. The Morgan fingerprint density at radius 1 is 1.20 bits per heavy atom. The molecule has 0 aliphatic carbocycles. The predicted octanol–water partition coefficient (Wildman–Crippen LogP) is -1.28. The molecule has 5 heavy (non-hydrogen) atoms. The van der Waals surface area contributed by atoms with Gasteiger partial charge in [-0.15, -0.1) is 0 Å². The Balaban J connectivity index is -0.0000000200. The van der Waals surface area contributed by atoms with Crippen molar-refractivity contribution in [2.24, 2.45) is 0 Å². The molecule has 0 fully saturated rings. The predicted molar refractivity (Wildman–Crippen MR) is 20.1 cm³/mol. The fourth-order valence-electron chi connectivity index (χ4n) is 0. The van der Waals surface area contributed by atoms with Gasteiger partial charge in [-0.1, -0.05) is 0 Å². The van der Waals surface area contributed by atoms with E-state index >= 15 is 0 Å². The van der Waals surface area contributed by atoms with E-state index in [9.17, 15) is 2.73 Å². The molecular formula is H4Ca2F2O. The maximum absolute atomic E-state index is 9.81. The molecule has 0 aromatic carbocycles. The van der Waals surface area contributed by atoms with Crippen LogP contribution in [0.5, 0.6) is 0 Å². The first-order chi connectivity index (χ1) is 1.41. The van der Waals surface area contributed by atoms with E-state index in [2.05, 4.69) is 0 Å². The van der Waals surface area contributed by atoms with E-state index < -0.39 is 35.4 Å². The molecular weight excluding hydrogens is 134 g/mol. The van der Waals surface area contributed by atoms with Crippen molar-refractivity contribution in [3.63, 3.8) is 0 Å². The summed E-state index contributed by atoms with van der Waals surface area (Å²) in [5, 5.41) is 0. The van der Waals surface area contributed by atoms with Crippen molar-refractivity contribution in [2.45, 2.75) is 0 Å². The van der Waals surface area contributed by atoms with Crippen molar-refractivity contribution < 1.29 is 8.21 Å². The summed E-state index contributed by atoms with van der Waals surface area (Å²) < 4.78 is 19.6. The zero-order chi connectivity index (χ0) is 2.71. The van der Waals surface area contributed by atoms with Gasteiger partial charge in [-0.25, -0.2) is 0 Å². The average molecular weight is 138 g/mol. The first kappa shape index (κ1) is 15.7. The Hall–Kier alpha value is 2.34. The van der Waals surface area contributed by atoms with E-state index in [0.717, 1.165) is 0 Å². The summed E-state index contributed by atoms with van der Waals surface area (Å²) in [6, 6.07) is 0. The molecule has 5 heteroatoms. The van der Waals surface area contributed by atoms with E-state index in [1.165, 1.54) is 0 Å². The van der Waals surface area contributed by atoms with Crippen molar-refractivity contribution in [1.82, 2.24) is 0 Å². The van der Waals surface area contributed by atoms with Gasteiger partial charge in [-0.2, -0.15) is 0 Å². The molecule has 0 radical (unpaired) electrons. The van der Waals surface area contributed by atoms with E-state index in [4.69, 9.17) is 0 Å². The van der Waals surface area contributed by atoms with Crippen molar-refractivity contribution in [3.05, 3.63) is 0 Å². The summed E-state index contributed by atoms with van der Waals surface area (Å²) in [5.41, 5.74) is 0. The van der Waals surface area contributed by atoms with Crippen LogP contribution in [-0.4, -0.2) is 78.6 Å². The fourth-order valence-corrected chi connectivity index (χ4v) is 0. The van der Waals surface area contributed by atoms with Crippen molar-refractivity contribution in [1.29, 1.82) is 0 Å². The van der Waals surface area contributed by atoms with Crippen molar-refractivity contribution in [2.75, 3.05) is 0 Å². The van der Waals surface area contributed by atoms with Gasteiger partial charge in [-0.05, 0) is 0 Å². The minimum atomic E-state index is -2.88. The van der Waals surface area contributed by atoms with Gasteiger partial charge in [0, 0.05) is 0 Å². The number of rotatable bonds is 0. The number of halogens is 2. The number of hydrogen-bond donors (Lipinski definition) is 0. The van der Waals surface area contributed by atoms with Crippen LogP contribution in [-0.2, 0) is 0 Å². The SMILES string of the molecule is O.[CaH2].[F][Ca][F]. The summed E-state index contributed by atoms with van der Waals surface area (Å²) in [6.45, 7) is 0. The first-order valence-corrected chi connectivity index (χ1v) is 2.20. The molecule has 0 aromatic rings. The second kappa shape index (κ2) is 16.2. The first-order valence-electron chi connectivity index (χ1n) is 0.535. The minimum absolute atomic E-state index is 0. The van der Waals surface area contributed by atoms with E-state index in [-0.39, 0.29) is 43.2 Å². The van der Waals surface area contributed by atoms with Crippen LogP contribution >= 0.6 is 0 Å². The van der Waals surface area contributed by atoms with Gasteiger partial charge >= 0.3 is 75.9 Å². The van der Waals surface area contributed by atoms with Crippen molar-refractivity contribution >= 4 is 73.1 Å². The van der Waals surface area contributed by atoms with Crippen LogP contribution in [0.4, 0.5) is 2.73 Å². The van der Waals surface area contributed by atoms with Gasteiger partial charge in [0.05, 0.1) is 0 Å².